The maximum Gasteiger partial charge on any atom is 0.0911 e. The van der Waals surface area contributed by atoms with Crippen molar-refractivity contribution in [2.45, 2.75) is 13.3 Å². The van der Waals surface area contributed by atoms with Crippen molar-refractivity contribution >= 4 is 11.3 Å². The minimum absolute atomic E-state index is 0.531. The summed E-state index contributed by atoms with van der Waals surface area (Å²) in [5.41, 5.74) is 4.74. The van der Waals surface area contributed by atoms with Crippen LogP contribution in [0.4, 0.5) is 0 Å². The number of rotatable bonds is 4. The number of aryl methyl sites for hydroxylation is 1. The van der Waals surface area contributed by atoms with E-state index in [1.54, 1.807) is 0 Å². The molecule has 0 bridgehead atoms. The lowest BCUT2D eigenvalue weighted by Gasteiger charge is -2.08. The van der Waals surface area contributed by atoms with Gasteiger partial charge in [0.05, 0.1) is 5.71 Å². The molecule has 2 heteroatoms. The summed E-state index contributed by atoms with van der Waals surface area (Å²) < 4.78 is 0. The zero-order valence-electron chi connectivity index (χ0n) is 11.0. The van der Waals surface area contributed by atoms with Crippen LogP contribution in [-0.2, 0) is 0 Å². The highest BCUT2D eigenvalue weighted by atomic mass is 16.4. The van der Waals surface area contributed by atoms with Gasteiger partial charge in [0, 0.05) is 6.42 Å². The highest BCUT2D eigenvalue weighted by Crippen LogP contribution is 2.19. The Bertz CT molecular complexity index is 582. The van der Waals surface area contributed by atoms with E-state index in [1.807, 2.05) is 61.5 Å². The van der Waals surface area contributed by atoms with Gasteiger partial charge in [0.1, 0.15) is 0 Å². The van der Waals surface area contributed by atoms with Crippen molar-refractivity contribution in [3.63, 3.8) is 0 Å². The summed E-state index contributed by atoms with van der Waals surface area (Å²) in [7, 11) is 0. The molecule has 0 aliphatic carbocycles. The van der Waals surface area contributed by atoms with Gasteiger partial charge in [-0.05, 0) is 23.6 Å². The number of oxime groups is 1. The van der Waals surface area contributed by atoms with Gasteiger partial charge in [-0.2, -0.15) is 0 Å². The van der Waals surface area contributed by atoms with Gasteiger partial charge < -0.3 is 5.21 Å². The van der Waals surface area contributed by atoms with E-state index < -0.39 is 0 Å². The molecule has 2 aromatic rings. The van der Waals surface area contributed by atoms with Crippen LogP contribution in [0.15, 0.2) is 66.3 Å². The molecule has 0 amide bonds. The SMILES string of the molecule is C=C(CC(=NO)c1ccc(C)cc1)c1ccccc1. The molecule has 0 aromatic heterocycles. The maximum absolute atomic E-state index is 9.19. The molecule has 0 aliphatic heterocycles. The zero-order chi connectivity index (χ0) is 13.7. The Morgan fingerprint density at radius 2 is 1.63 bits per heavy atom. The number of allylic oxidation sites excluding steroid dienone is 1. The number of nitrogens with zero attached hydrogens (tertiary/aromatic N) is 1. The molecule has 19 heavy (non-hydrogen) atoms. The topological polar surface area (TPSA) is 32.6 Å². The molecule has 0 heterocycles. The van der Waals surface area contributed by atoms with E-state index in [0.29, 0.717) is 12.1 Å². The number of benzene rings is 2. The van der Waals surface area contributed by atoms with E-state index in [0.717, 1.165) is 16.7 Å². The van der Waals surface area contributed by atoms with Crippen LogP contribution in [0.5, 0.6) is 0 Å². The lowest BCUT2D eigenvalue weighted by atomic mass is 9.98. The van der Waals surface area contributed by atoms with E-state index in [9.17, 15) is 5.21 Å². The molecule has 2 rings (SSSR count). The summed E-state index contributed by atoms with van der Waals surface area (Å²) in [6.07, 6.45) is 0.531. The smallest absolute Gasteiger partial charge is 0.0911 e. The van der Waals surface area contributed by atoms with Crippen LogP contribution in [0.1, 0.15) is 23.1 Å². The van der Waals surface area contributed by atoms with E-state index in [-0.39, 0.29) is 0 Å². The fourth-order valence-electron chi connectivity index (χ4n) is 1.92. The monoisotopic (exact) mass is 251 g/mol. The molecule has 2 nitrogen and oxygen atoms in total. The van der Waals surface area contributed by atoms with Crippen molar-refractivity contribution in [3.8, 4) is 0 Å². The van der Waals surface area contributed by atoms with Crippen LogP contribution >= 0.6 is 0 Å². The summed E-state index contributed by atoms with van der Waals surface area (Å²) in [5.74, 6) is 0. The second kappa shape index (κ2) is 6.01. The van der Waals surface area contributed by atoms with Crippen LogP contribution < -0.4 is 0 Å². The Kier molecular flexibility index (Phi) is 4.14. The summed E-state index contributed by atoms with van der Waals surface area (Å²) in [6.45, 7) is 6.09. The van der Waals surface area contributed by atoms with Gasteiger partial charge in [0.2, 0.25) is 0 Å². The van der Waals surface area contributed by atoms with Crippen molar-refractivity contribution in [1.82, 2.24) is 0 Å². The molecule has 0 unspecified atom stereocenters. The standard InChI is InChI=1S/C17H17NO/c1-13-8-10-16(11-9-13)17(18-19)12-14(2)15-6-4-3-5-7-15/h3-11,19H,2,12H2,1H3. The van der Waals surface area contributed by atoms with Crippen LogP contribution in [0, 0.1) is 6.92 Å². The molecular weight excluding hydrogens is 234 g/mol. The third kappa shape index (κ3) is 3.32. The Morgan fingerprint density at radius 3 is 2.21 bits per heavy atom. The highest BCUT2D eigenvalue weighted by Gasteiger charge is 2.07. The normalized spacial score (nSPS) is 11.3. The molecule has 0 fully saturated rings. The number of hydrogen-bond donors (Lipinski definition) is 1. The van der Waals surface area contributed by atoms with Crippen molar-refractivity contribution < 1.29 is 5.21 Å². The van der Waals surface area contributed by atoms with Crippen molar-refractivity contribution in [3.05, 3.63) is 77.9 Å². The minimum atomic E-state index is 0.531. The average Bonchev–Trinajstić information content (AvgIpc) is 2.46. The molecule has 2 aromatic carbocycles. The fourth-order valence-corrected chi connectivity index (χ4v) is 1.92. The Balaban J connectivity index is 2.17. The van der Waals surface area contributed by atoms with Crippen molar-refractivity contribution in [1.29, 1.82) is 0 Å². The summed E-state index contributed by atoms with van der Waals surface area (Å²) in [5, 5.41) is 12.6. The molecule has 0 aliphatic rings. The molecule has 0 saturated carbocycles. The first-order valence-electron chi connectivity index (χ1n) is 6.22. The number of hydrogen-bond acceptors (Lipinski definition) is 2. The quantitative estimate of drug-likeness (QED) is 0.491. The first-order valence-corrected chi connectivity index (χ1v) is 6.22. The van der Waals surface area contributed by atoms with Gasteiger partial charge in [-0.1, -0.05) is 71.9 Å². The van der Waals surface area contributed by atoms with Crippen LogP contribution in [0.2, 0.25) is 0 Å². The first-order chi connectivity index (χ1) is 9.20. The third-order valence-electron chi connectivity index (χ3n) is 3.07. The summed E-state index contributed by atoms with van der Waals surface area (Å²) in [4.78, 5) is 0. The highest BCUT2D eigenvalue weighted by molar-refractivity contribution is 6.05. The van der Waals surface area contributed by atoms with Crippen LogP contribution in [-0.4, -0.2) is 10.9 Å². The van der Waals surface area contributed by atoms with Gasteiger partial charge in [-0.25, -0.2) is 0 Å². The Morgan fingerprint density at radius 1 is 1.00 bits per heavy atom. The zero-order valence-corrected chi connectivity index (χ0v) is 11.0. The van der Waals surface area contributed by atoms with Crippen molar-refractivity contribution in [2.24, 2.45) is 5.16 Å². The van der Waals surface area contributed by atoms with Gasteiger partial charge in [-0.15, -0.1) is 0 Å². The van der Waals surface area contributed by atoms with Gasteiger partial charge in [0.25, 0.3) is 0 Å². The molecule has 0 radical (unpaired) electrons. The average molecular weight is 251 g/mol. The predicted octanol–water partition coefficient (Wildman–Crippen LogP) is 4.28. The van der Waals surface area contributed by atoms with Crippen molar-refractivity contribution in [2.75, 3.05) is 0 Å². The molecule has 0 spiro atoms. The van der Waals surface area contributed by atoms with E-state index in [2.05, 4.69) is 11.7 Å². The summed E-state index contributed by atoms with van der Waals surface area (Å²) in [6, 6.07) is 17.9. The third-order valence-corrected chi connectivity index (χ3v) is 3.07. The molecule has 96 valence electrons. The molecule has 0 saturated heterocycles. The van der Waals surface area contributed by atoms with E-state index in [1.165, 1.54) is 5.56 Å². The Labute approximate surface area is 113 Å². The molecular formula is C17H17NO. The largest absolute Gasteiger partial charge is 0.411 e. The maximum atomic E-state index is 9.19. The van der Waals surface area contributed by atoms with Gasteiger partial charge in [0.15, 0.2) is 0 Å². The minimum Gasteiger partial charge on any atom is -0.411 e. The van der Waals surface area contributed by atoms with Gasteiger partial charge >= 0.3 is 0 Å². The summed E-state index contributed by atoms with van der Waals surface area (Å²) >= 11 is 0. The Hall–Kier alpha value is -2.35. The van der Waals surface area contributed by atoms with E-state index >= 15 is 0 Å². The van der Waals surface area contributed by atoms with Crippen LogP contribution in [0.3, 0.4) is 0 Å². The lowest BCUT2D eigenvalue weighted by molar-refractivity contribution is 0.318. The molecule has 1 N–H and O–H groups in total. The van der Waals surface area contributed by atoms with Gasteiger partial charge in [-0.3, -0.25) is 0 Å². The van der Waals surface area contributed by atoms with E-state index in [4.69, 9.17) is 0 Å². The first kappa shape index (κ1) is 13.1. The lowest BCUT2D eigenvalue weighted by Crippen LogP contribution is -2.02. The van der Waals surface area contributed by atoms with Crippen LogP contribution in [0.25, 0.3) is 5.57 Å². The predicted molar refractivity (Wildman–Crippen MR) is 79.6 cm³/mol. The second-order valence-corrected chi connectivity index (χ2v) is 4.56. The fraction of sp³-hybridized carbons (Fsp3) is 0.118. The second-order valence-electron chi connectivity index (χ2n) is 4.56. The molecule has 0 atom stereocenters.